The molecule has 14 heavy (non-hydrogen) atoms. The van der Waals surface area contributed by atoms with Gasteiger partial charge in [0.25, 0.3) is 0 Å². The molecule has 1 aromatic heterocycles. The number of aromatic nitrogens is 1. The summed E-state index contributed by atoms with van der Waals surface area (Å²) in [4.78, 5) is 4.16. The molecule has 2 heterocycles. The van der Waals surface area contributed by atoms with E-state index in [9.17, 15) is 0 Å². The maximum Gasteiger partial charge on any atom is 0.161 e. The molecular weight excluding hydrogens is 178 g/mol. The lowest BCUT2D eigenvalue weighted by atomic mass is 10.1. The van der Waals surface area contributed by atoms with Crippen LogP contribution in [0, 0.1) is 0 Å². The number of hydrogen-bond donors (Lipinski definition) is 2. The second kappa shape index (κ2) is 2.60. The minimum Gasteiger partial charge on any atom is -0.488 e. The molecule has 0 bridgehead atoms. The highest BCUT2D eigenvalue weighted by Crippen LogP contribution is 2.47. The first kappa shape index (κ1) is 8.05. The summed E-state index contributed by atoms with van der Waals surface area (Å²) in [5.74, 6) is 0.838. The van der Waals surface area contributed by atoms with Gasteiger partial charge in [-0.15, -0.1) is 0 Å². The lowest BCUT2D eigenvalue weighted by Gasteiger charge is -2.23. The topological polar surface area (TPSA) is 60.2 Å². The van der Waals surface area contributed by atoms with Crippen molar-refractivity contribution in [3.8, 4) is 5.75 Å². The van der Waals surface area contributed by atoms with Gasteiger partial charge in [-0.2, -0.15) is 0 Å². The van der Waals surface area contributed by atoms with Gasteiger partial charge in [0.1, 0.15) is 6.61 Å². The van der Waals surface area contributed by atoms with Crippen LogP contribution in [0.25, 0.3) is 0 Å². The van der Waals surface area contributed by atoms with Crippen molar-refractivity contribution in [2.24, 2.45) is 5.73 Å². The maximum absolute atomic E-state index is 6.16. The van der Waals surface area contributed by atoms with Crippen LogP contribution in [0.4, 0.5) is 5.69 Å². The molecule has 3 N–H and O–H groups in total. The number of pyridine rings is 1. The normalized spacial score (nSPS) is 21.8. The maximum atomic E-state index is 6.16. The van der Waals surface area contributed by atoms with Crippen LogP contribution in [-0.4, -0.2) is 18.1 Å². The number of nitrogens with zero attached hydrogens (tertiary/aromatic N) is 1. The Bertz CT molecular complexity index is 374. The summed E-state index contributed by atoms with van der Waals surface area (Å²) in [6, 6.07) is 0. The van der Waals surface area contributed by atoms with Crippen molar-refractivity contribution in [3.05, 3.63) is 18.0 Å². The SMILES string of the molecule is NC1(c2cncc3c2NCCO3)CC1. The lowest BCUT2D eigenvalue weighted by Crippen LogP contribution is -2.25. The van der Waals surface area contributed by atoms with Crippen LogP contribution < -0.4 is 15.8 Å². The minimum absolute atomic E-state index is 0.147. The van der Waals surface area contributed by atoms with E-state index in [0.717, 1.165) is 36.4 Å². The largest absolute Gasteiger partial charge is 0.488 e. The number of nitrogens with two attached hydrogens (primary N) is 1. The molecular formula is C10H13N3O. The van der Waals surface area contributed by atoms with Crippen LogP contribution in [0.15, 0.2) is 12.4 Å². The molecule has 1 saturated carbocycles. The van der Waals surface area contributed by atoms with Crippen LogP contribution >= 0.6 is 0 Å². The van der Waals surface area contributed by atoms with Crippen LogP contribution in [0.5, 0.6) is 5.75 Å². The van der Waals surface area contributed by atoms with Crippen LogP contribution in [0.3, 0.4) is 0 Å². The Balaban J connectivity index is 2.11. The summed E-state index contributed by atoms with van der Waals surface area (Å²) >= 11 is 0. The highest BCUT2D eigenvalue weighted by atomic mass is 16.5. The van der Waals surface area contributed by atoms with Gasteiger partial charge in [0.2, 0.25) is 0 Å². The molecule has 0 aromatic carbocycles. The fraction of sp³-hybridized carbons (Fsp3) is 0.500. The molecule has 0 saturated heterocycles. The van der Waals surface area contributed by atoms with Crippen molar-refractivity contribution in [3.63, 3.8) is 0 Å². The Kier molecular flexibility index (Phi) is 1.50. The van der Waals surface area contributed by atoms with E-state index in [1.807, 2.05) is 6.20 Å². The predicted molar refractivity (Wildman–Crippen MR) is 53.3 cm³/mol. The molecule has 1 fully saturated rings. The van der Waals surface area contributed by atoms with E-state index >= 15 is 0 Å². The van der Waals surface area contributed by atoms with Gasteiger partial charge in [-0.05, 0) is 12.8 Å². The number of ether oxygens (including phenoxy) is 1. The highest BCUT2D eigenvalue weighted by molar-refractivity contribution is 5.64. The standard InChI is InChI=1S/C10H13N3O/c11-10(1-2-10)7-5-12-6-8-9(7)13-3-4-14-8/h5-6,13H,1-4,11H2. The average molecular weight is 191 g/mol. The van der Waals surface area contributed by atoms with Crippen molar-refractivity contribution >= 4 is 5.69 Å². The summed E-state index contributed by atoms with van der Waals surface area (Å²) in [6.07, 6.45) is 5.70. The Morgan fingerprint density at radius 1 is 1.43 bits per heavy atom. The predicted octanol–water partition coefficient (Wildman–Crippen LogP) is 0.834. The number of rotatable bonds is 1. The van der Waals surface area contributed by atoms with E-state index in [-0.39, 0.29) is 5.54 Å². The molecule has 4 nitrogen and oxygen atoms in total. The monoisotopic (exact) mass is 191 g/mol. The molecule has 0 radical (unpaired) electrons. The van der Waals surface area contributed by atoms with Gasteiger partial charge in [0.05, 0.1) is 11.9 Å². The zero-order valence-corrected chi connectivity index (χ0v) is 7.92. The van der Waals surface area contributed by atoms with E-state index in [0.29, 0.717) is 6.61 Å². The summed E-state index contributed by atoms with van der Waals surface area (Å²) < 4.78 is 5.51. The Labute approximate surface area is 82.5 Å². The molecule has 1 aromatic rings. The van der Waals surface area contributed by atoms with Crippen molar-refractivity contribution in [2.45, 2.75) is 18.4 Å². The lowest BCUT2D eigenvalue weighted by molar-refractivity contribution is 0.321. The molecule has 0 atom stereocenters. The summed E-state index contributed by atoms with van der Waals surface area (Å²) in [6.45, 7) is 1.55. The van der Waals surface area contributed by atoms with Crippen LogP contribution in [0.1, 0.15) is 18.4 Å². The fourth-order valence-corrected chi connectivity index (χ4v) is 1.85. The molecule has 3 rings (SSSR count). The second-order valence-corrected chi connectivity index (χ2v) is 3.99. The van der Waals surface area contributed by atoms with Gasteiger partial charge >= 0.3 is 0 Å². The average Bonchev–Trinajstić information content (AvgIpc) is 2.97. The van der Waals surface area contributed by atoms with E-state index < -0.39 is 0 Å². The van der Waals surface area contributed by atoms with E-state index in [4.69, 9.17) is 10.5 Å². The smallest absolute Gasteiger partial charge is 0.161 e. The molecule has 0 unspecified atom stereocenters. The summed E-state index contributed by atoms with van der Waals surface area (Å²) in [5, 5.41) is 3.33. The number of anilines is 1. The van der Waals surface area contributed by atoms with Gasteiger partial charge in [-0.3, -0.25) is 4.98 Å². The highest BCUT2D eigenvalue weighted by Gasteiger charge is 2.43. The molecule has 1 aliphatic carbocycles. The third kappa shape index (κ3) is 1.07. The van der Waals surface area contributed by atoms with Gasteiger partial charge in [0.15, 0.2) is 5.75 Å². The number of hydrogen-bond acceptors (Lipinski definition) is 4. The zero-order chi connectivity index (χ0) is 9.60. The van der Waals surface area contributed by atoms with Crippen LogP contribution in [0.2, 0.25) is 0 Å². The molecule has 4 heteroatoms. The van der Waals surface area contributed by atoms with Crippen molar-refractivity contribution in [1.29, 1.82) is 0 Å². The zero-order valence-electron chi connectivity index (χ0n) is 7.92. The van der Waals surface area contributed by atoms with Gasteiger partial charge in [-0.1, -0.05) is 0 Å². The van der Waals surface area contributed by atoms with Crippen molar-refractivity contribution in [1.82, 2.24) is 4.98 Å². The first-order valence-corrected chi connectivity index (χ1v) is 4.94. The number of nitrogens with one attached hydrogen (secondary N) is 1. The molecule has 0 amide bonds. The second-order valence-electron chi connectivity index (χ2n) is 3.99. The van der Waals surface area contributed by atoms with E-state index in [2.05, 4.69) is 10.3 Å². The fourth-order valence-electron chi connectivity index (χ4n) is 1.85. The van der Waals surface area contributed by atoms with Crippen LogP contribution in [-0.2, 0) is 5.54 Å². The van der Waals surface area contributed by atoms with E-state index in [1.165, 1.54) is 0 Å². The van der Waals surface area contributed by atoms with E-state index in [1.54, 1.807) is 6.20 Å². The number of fused-ring (bicyclic) bond motifs is 1. The molecule has 0 spiro atoms. The van der Waals surface area contributed by atoms with Gasteiger partial charge < -0.3 is 15.8 Å². The minimum atomic E-state index is -0.147. The Morgan fingerprint density at radius 2 is 2.29 bits per heavy atom. The third-order valence-corrected chi connectivity index (χ3v) is 2.90. The Morgan fingerprint density at radius 3 is 3.07 bits per heavy atom. The molecule has 1 aliphatic heterocycles. The third-order valence-electron chi connectivity index (χ3n) is 2.90. The van der Waals surface area contributed by atoms with Crippen molar-refractivity contribution in [2.75, 3.05) is 18.5 Å². The first-order chi connectivity index (χ1) is 6.80. The quantitative estimate of drug-likeness (QED) is 0.690. The Hall–Kier alpha value is -1.29. The van der Waals surface area contributed by atoms with Gasteiger partial charge in [0, 0.05) is 23.8 Å². The van der Waals surface area contributed by atoms with Gasteiger partial charge in [-0.25, -0.2) is 0 Å². The molecule has 2 aliphatic rings. The first-order valence-electron chi connectivity index (χ1n) is 4.94. The van der Waals surface area contributed by atoms with Crippen molar-refractivity contribution < 1.29 is 4.74 Å². The summed E-state index contributed by atoms with van der Waals surface area (Å²) in [7, 11) is 0. The molecule has 74 valence electrons. The summed E-state index contributed by atoms with van der Waals surface area (Å²) in [5.41, 5.74) is 8.16.